The molecule has 0 atom stereocenters. The lowest BCUT2D eigenvalue weighted by Gasteiger charge is -2.42. The molecule has 3 aromatic rings. The molecular formula is C32H35NO6. The van der Waals surface area contributed by atoms with Gasteiger partial charge in [0.1, 0.15) is 5.60 Å². The van der Waals surface area contributed by atoms with E-state index in [9.17, 15) is 29.7 Å². The predicted octanol–water partition coefficient (Wildman–Crippen LogP) is 4.72. The van der Waals surface area contributed by atoms with Crippen LogP contribution in [0.15, 0.2) is 84.9 Å². The maximum atomic E-state index is 12.7. The van der Waals surface area contributed by atoms with Gasteiger partial charge < -0.3 is 20.2 Å². The molecule has 0 amide bonds. The molecule has 7 heteroatoms. The molecule has 1 heterocycles. The Hall–Kier alpha value is -3.81. The summed E-state index contributed by atoms with van der Waals surface area (Å²) in [5.74, 6) is -2.90. The number of benzene rings is 3. The van der Waals surface area contributed by atoms with Crippen LogP contribution >= 0.6 is 0 Å². The number of likely N-dealkylation sites (tertiary alicyclic amines) is 1. The average molecular weight is 530 g/mol. The number of hydrogen-bond donors (Lipinski definition) is 3. The van der Waals surface area contributed by atoms with E-state index in [1.165, 1.54) is 24.3 Å². The van der Waals surface area contributed by atoms with Crippen molar-refractivity contribution in [1.82, 2.24) is 4.90 Å². The lowest BCUT2D eigenvalue weighted by atomic mass is 9.72. The van der Waals surface area contributed by atoms with E-state index in [1.54, 1.807) is 0 Å². The van der Waals surface area contributed by atoms with Crippen molar-refractivity contribution < 1.29 is 29.7 Å². The Bertz CT molecular complexity index is 1230. The van der Waals surface area contributed by atoms with Crippen molar-refractivity contribution >= 4 is 17.7 Å². The Morgan fingerprint density at radius 3 is 1.72 bits per heavy atom. The number of nitrogens with zero attached hydrogens (tertiary/aromatic N) is 1. The SMILES string of the molecule is CC(C(=O)O)(C(=O)O)c1ccc(C(=O)CCCN2CCC(C(O)(c3ccccc3)c3ccccc3)CC2)cc1. The van der Waals surface area contributed by atoms with Gasteiger partial charge in [-0.25, -0.2) is 0 Å². The molecule has 1 saturated heterocycles. The lowest BCUT2D eigenvalue weighted by Crippen LogP contribution is -2.44. The van der Waals surface area contributed by atoms with E-state index in [0.717, 1.165) is 50.5 Å². The second-order valence-electron chi connectivity index (χ2n) is 10.5. The molecule has 3 aromatic carbocycles. The number of aliphatic hydroxyl groups is 1. The Kier molecular flexibility index (Phi) is 8.63. The van der Waals surface area contributed by atoms with Crippen LogP contribution in [0.2, 0.25) is 0 Å². The quantitative estimate of drug-likeness (QED) is 0.243. The Morgan fingerprint density at radius 2 is 1.26 bits per heavy atom. The molecule has 1 fully saturated rings. The van der Waals surface area contributed by atoms with E-state index in [4.69, 9.17) is 0 Å². The van der Waals surface area contributed by atoms with Crippen molar-refractivity contribution in [1.29, 1.82) is 0 Å². The van der Waals surface area contributed by atoms with Gasteiger partial charge >= 0.3 is 11.9 Å². The molecule has 0 aliphatic carbocycles. The molecule has 3 N–H and O–H groups in total. The lowest BCUT2D eigenvalue weighted by molar-refractivity contribution is -0.156. The average Bonchev–Trinajstić information content (AvgIpc) is 2.97. The molecule has 0 spiro atoms. The van der Waals surface area contributed by atoms with Crippen LogP contribution < -0.4 is 0 Å². The second kappa shape index (κ2) is 11.9. The Labute approximate surface area is 228 Å². The summed E-state index contributed by atoms with van der Waals surface area (Å²) in [5.41, 5.74) is -0.773. The third-order valence-electron chi connectivity index (χ3n) is 8.12. The van der Waals surface area contributed by atoms with Gasteiger partial charge in [0.25, 0.3) is 0 Å². The largest absolute Gasteiger partial charge is 0.480 e. The maximum Gasteiger partial charge on any atom is 0.325 e. The number of carboxylic acid groups (broad SMARTS) is 2. The first-order valence-corrected chi connectivity index (χ1v) is 13.3. The van der Waals surface area contributed by atoms with Crippen LogP contribution in [0.3, 0.4) is 0 Å². The third kappa shape index (κ3) is 5.79. The molecule has 0 saturated carbocycles. The summed E-state index contributed by atoms with van der Waals surface area (Å²) < 4.78 is 0. The minimum atomic E-state index is -2.07. The highest BCUT2D eigenvalue weighted by atomic mass is 16.4. The molecule has 204 valence electrons. The van der Waals surface area contributed by atoms with E-state index >= 15 is 0 Å². The first kappa shape index (κ1) is 28.2. The van der Waals surface area contributed by atoms with Gasteiger partial charge in [-0.3, -0.25) is 14.4 Å². The summed E-state index contributed by atoms with van der Waals surface area (Å²) >= 11 is 0. The molecule has 0 radical (unpaired) electrons. The highest BCUT2D eigenvalue weighted by Gasteiger charge is 2.44. The summed E-state index contributed by atoms with van der Waals surface area (Å²) in [6.07, 6.45) is 2.68. The standard InChI is InChI=1S/C32H35NO6/c1-31(29(35)36,30(37)38)24-16-14-23(15-17-24)28(34)13-8-20-33-21-18-27(19-22-33)32(39,25-9-4-2-5-10-25)26-11-6-3-7-12-26/h2-7,9-12,14-17,27,39H,8,13,18-22H2,1H3,(H,35,36)(H,37,38). The fourth-order valence-corrected chi connectivity index (χ4v) is 5.53. The molecule has 1 aliphatic rings. The molecule has 0 bridgehead atoms. The molecule has 39 heavy (non-hydrogen) atoms. The first-order chi connectivity index (χ1) is 18.7. The van der Waals surface area contributed by atoms with Crippen LogP contribution in [0.25, 0.3) is 0 Å². The summed E-state index contributed by atoms with van der Waals surface area (Å²) in [6, 6.07) is 25.5. The zero-order chi connectivity index (χ0) is 28.0. The third-order valence-corrected chi connectivity index (χ3v) is 8.12. The number of Topliss-reactive ketones (excluding diaryl/α,β-unsaturated/α-hetero) is 1. The Morgan fingerprint density at radius 1 is 0.769 bits per heavy atom. The summed E-state index contributed by atoms with van der Waals surface area (Å²) in [6.45, 7) is 3.57. The molecule has 7 nitrogen and oxygen atoms in total. The zero-order valence-corrected chi connectivity index (χ0v) is 22.1. The number of ketones is 1. The second-order valence-corrected chi connectivity index (χ2v) is 10.5. The smallest absolute Gasteiger partial charge is 0.325 e. The van der Waals surface area contributed by atoms with E-state index in [0.29, 0.717) is 18.4 Å². The molecule has 0 aromatic heterocycles. The molecule has 4 rings (SSSR count). The van der Waals surface area contributed by atoms with Crippen molar-refractivity contribution in [2.24, 2.45) is 5.92 Å². The van der Waals surface area contributed by atoms with Crippen molar-refractivity contribution in [3.63, 3.8) is 0 Å². The monoisotopic (exact) mass is 529 g/mol. The zero-order valence-electron chi connectivity index (χ0n) is 22.1. The fourth-order valence-electron chi connectivity index (χ4n) is 5.53. The summed E-state index contributed by atoms with van der Waals surface area (Å²) in [5, 5.41) is 30.8. The van der Waals surface area contributed by atoms with Gasteiger partial charge in [-0.2, -0.15) is 0 Å². The van der Waals surface area contributed by atoms with Gasteiger partial charge in [-0.05, 0) is 68.4 Å². The van der Waals surface area contributed by atoms with Crippen LogP contribution in [0.4, 0.5) is 0 Å². The number of aliphatic carboxylic acids is 2. The number of carboxylic acids is 2. The van der Waals surface area contributed by atoms with Crippen molar-refractivity contribution in [3.05, 3.63) is 107 Å². The predicted molar refractivity (Wildman–Crippen MR) is 148 cm³/mol. The summed E-state index contributed by atoms with van der Waals surface area (Å²) in [7, 11) is 0. The van der Waals surface area contributed by atoms with Gasteiger partial charge in [-0.15, -0.1) is 0 Å². The number of hydrogen-bond acceptors (Lipinski definition) is 5. The molecule has 1 aliphatic heterocycles. The van der Waals surface area contributed by atoms with Crippen LogP contribution in [0.5, 0.6) is 0 Å². The number of rotatable bonds is 11. The van der Waals surface area contributed by atoms with Crippen molar-refractivity contribution in [2.45, 2.75) is 43.6 Å². The first-order valence-electron chi connectivity index (χ1n) is 13.3. The number of carbonyl (C=O) groups is 3. The van der Waals surface area contributed by atoms with Crippen molar-refractivity contribution in [2.75, 3.05) is 19.6 Å². The number of carbonyl (C=O) groups excluding carboxylic acids is 1. The maximum absolute atomic E-state index is 12.7. The highest BCUT2D eigenvalue weighted by molar-refractivity contribution is 6.04. The van der Waals surface area contributed by atoms with E-state index in [-0.39, 0.29) is 17.3 Å². The topological polar surface area (TPSA) is 115 Å². The van der Waals surface area contributed by atoms with E-state index < -0.39 is 23.0 Å². The van der Waals surface area contributed by atoms with E-state index in [1.807, 2.05) is 60.7 Å². The van der Waals surface area contributed by atoms with E-state index in [2.05, 4.69) is 4.90 Å². The van der Waals surface area contributed by atoms with Crippen LogP contribution in [0, 0.1) is 5.92 Å². The van der Waals surface area contributed by atoms with Gasteiger partial charge in [0.2, 0.25) is 0 Å². The number of piperidine rings is 1. The minimum Gasteiger partial charge on any atom is -0.480 e. The molecular weight excluding hydrogens is 494 g/mol. The van der Waals surface area contributed by atoms with Crippen LogP contribution in [-0.2, 0) is 20.6 Å². The highest BCUT2D eigenvalue weighted by Crippen LogP contribution is 2.41. The van der Waals surface area contributed by atoms with Gasteiger partial charge in [0, 0.05) is 12.0 Å². The van der Waals surface area contributed by atoms with Crippen LogP contribution in [-0.4, -0.2) is 57.6 Å². The van der Waals surface area contributed by atoms with Crippen LogP contribution in [0.1, 0.15) is 59.7 Å². The Balaban J connectivity index is 1.32. The fraction of sp³-hybridized carbons (Fsp3) is 0.344. The minimum absolute atomic E-state index is 0.0636. The normalized spacial score (nSPS) is 15.1. The molecule has 0 unspecified atom stereocenters. The van der Waals surface area contributed by atoms with Gasteiger partial charge in [0.05, 0.1) is 0 Å². The van der Waals surface area contributed by atoms with Gasteiger partial charge in [-0.1, -0.05) is 84.9 Å². The van der Waals surface area contributed by atoms with Crippen molar-refractivity contribution in [3.8, 4) is 0 Å². The summed E-state index contributed by atoms with van der Waals surface area (Å²) in [4.78, 5) is 38.1. The van der Waals surface area contributed by atoms with Gasteiger partial charge in [0.15, 0.2) is 11.2 Å².